The maximum Gasteiger partial charge on any atom is 0.355 e. The van der Waals surface area contributed by atoms with Crippen molar-refractivity contribution >= 4 is 82.3 Å². The summed E-state index contributed by atoms with van der Waals surface area (Å²) in [5.41, 5.74) is 2.98. The Morgan fingerprint density at radius 1 is 0.782 bits per heavy atom. The summed E-state index contributed by atoms with van der Waals surface area (Å²) in [5.74, 6) is -4.38. The summed E-state index contributed by atoms with van der Waals surface area (Å²) in [7, 11) is 0. The van der Waals surface area contributed by atoms with E-state index in [4.69, 9.17) is 40.9 Å². The van der Waals surface area contributed by atoms with Gasteiger partial charge in [0.15, 0.2) is 11.5 Å². The third-order valence-electron chi connectivity index (χ3n) is 13.5. The maximum absolute atomic E-state index is 13.4. The smallest absolute Gasteiger partial charge is 0.355 e. The second-order valence-corrected chi connectivity index (χ2v) is 19.2. The molecule has 412 valence electrons. The van der Waals surface area contributed by atoms with Crippen LogP contribution in [0.15, 0.2) is 48.5 Å². The molecule has 2 atom stereocenters. The number of rotatable bonds is 24. The summed E-state index contributed by atoms with van der Waals surface area (Å²) in [6.07, 6.45) is 2.36. The van der Waals surface area contributed by atoms with E-state index in [1.165, 1.54) is 11.8 Å². The Hall–Kier alpha value is -8.32. The first-order chi connectivity index (χ1) is 37.5. The van der Waals surface area contributed by atoms with Gasteiger partial charge in [-0.05, 0) is 42.5 Å². The van der Waals surface area contributed by atoms with Crippen molar-refractivity contribution in [3.63, 3.8) is 0 Å². The predicted octanol–water partition coefficient (Wildman–Crippen LogP) is 1.28. The van der Waals surface area contributed by atoms with Gasteiger partial charge in [-0.3, -0.25) is 48.1 Å². The lowest BCUT2D eigenvalue weighted by Gasteiger charge is -2.35. The van der Waals surface area contributed by atoms with Crippen LogP contribution in [-0.4, -0.2) is 132 Å². The van der Waals surface area contributed by atoms with Crippen molar-refractivity contribution in [2.24, 2.45) is 0 Å². The molecule has 4 aliphatic heterocycles. The van der Waals surface area contributed by atoms with Gasteiger partial charge in [0, 0.05) is 73.8 Å². The number of esters is 2. The number of carbonyl (C=O) groups excluding carboxylic acids is 10. The highest BCUT2D eigenvalue weighted by molar-refractivity contribution is 7.71. The number of fused-ring (bicyclic) bond motifs is 6. The third kappa shape index (κ3) is 13.1. The van der Waals surface area contributed by atoms with Crippen LogP contribution in [0.1, 0.15) is 86.6 Å². The number of hydrogen-bond acceptors (Lipinski definition) is 17. The minimum Gasteiger partial charge on any atom is -0.486 e. The summed E-state index contributed by atoms with van der Waals surface area (Å²) in [6, 6.07) is 13.0. The quantitative estimate of drug-likeness (QED) is 0.0167. The molecule has 78 heavy (non-hydrogen) atoms. The highest BCUT2D eigenvalue weighted by Gasteiger charge is 2.49. The fourth-order valence-electron chi connectivity index (χ4n) is 9.59. The van der Waals surface area contributed by atoms with Crippen LogP contribution < -0.4 is 41.4 Å². The van der Waals surface area contributed by atoms with E-state index in [0.29, 0.717) is 99.7 Å². The molecule has 0 aliphatic carbocycles. The zero-order chi connectivity index (χ0) is 55.5. The van der Waals surface area contributed by atoms with Gasteiger partial charge in [0.25, 0.3) is 0 Å². The first kappa shape index (κ1) is 55.9. The van der Waals surface area contributed by atoms with Crippen LogP contribution in [0.2, 0.25) is 0 Å². The van der Waals surface area contributed by atoms with Crippen LogP contribution in [0, 0.1) is 4.64 Å². The largest absolute Gasteiger partial charge is 0.486 e. The van der Waals surface area contributed by atoms with Crippen LogP contribution in [-0.2, 0) is 93.9 Å². The Morgan fingerprint density at radius 3 is 2.21 bits per heavy atom. The molecule has 8 amide bonds. The summed E-state index contributed by atoms with van der Waals surface area (Å²) >= 11 is 5.99. The van der Waals surface area contributed by atoms with Crippen molar-refractivity contribution in [2.45, 2.75) is 96.6 Å². The van der Waals surface area contributed by atoms with E-state index < -0.39 is 86.1 Å². The van der Waals surface area contributed by atoms with Crippen molar-refractivity contribution in [3.05, 3.63) is 81.0 Å². The van der Waals surface area contributed by atoms with E-state index in [-0.39, 0.29) is 69.5 Å². The highest BCUT2D eigenvalue weighted by Crippen LogP contribution is 2.45. The molecule has 2 aromatic heterocycles. The molecule has 25 heteroatoms. The predicted molar refractivity (Wildman–Crippen MR) is 276 cm³/mol. The second-order valence-electron chi connectivity index (χ2n) is 18.8. The molecule has 0 unspecified atom stereocenters. The third-order valence-corrected chi connectivity index (χ3v) is 14.0. The average Bonchev–Trinajstić information content (AvgIpc) is 4.15. The first-order valence-electron chi connectivity index (χ1n) is 25.5. The van der Waals surface area contributed by atoms with Crippen LogP contribution in [0.25, 0.3) is 22.3 Å². The lowest BCUT2D eigenvalue weighted by atomic mass is 9.85. The molecule has 6 heterocycles. The number of unbranched alkanes of at least 4 members (excludes halogenated alkanes) is 2. The minimum absolute atomic E-state index is 0.000468. The molecule has 2 aromatic carbocycles. The Labute approximate surface area is 451 Å². The van der Waals surface area contributed by atoms with Crippen molar-refractivity contribution in [1.29, 1.82) is 0 Å². The van der Waals surface area contributed by atoms with E-state index >= 15 is 0 Å². The van der Waals surface area contributed by atoms with Crippen molar-refractivity contribution in [1.82, 2.24) is 46.4 Å². The number of nitrogens with one attached hydrogen (secondary N) is 6. The molecule has 8 rings (SSSR count). The van der Waals surface area contributed by atoms with Crippen LogP contribution in [0.5, 0.6) is 11.5 Å². The van der Waals surface area contributed by atoms with Gasteiger partial charge in [-0.25, -0.2) is 9.78 Å². The average molecular weight is 1090 g/mol. The number of ether oxygens (including phenoxy) is 5. The van der Waals surface area contributed by atoms with Crippen LogP contribution in [0.3, 0.4) is 0 Å². The van der Waals surface area contributed by atoms with Gasteiger partial charge >= 0.3 is 11.9 Å². The van der Waals surface area contributed by atoms with Crippen molar-refractivity contribution in [2.75, 3.05) is 52.7 Å². The van der Waals surface area contributed by atoms with Crippen molar-refractivity contribution < 1.29 is 71.6 Å². The van der Waals surface area contributed by atoms with Crippen molar-refractivity contribution in [3.8, 4) is 22.9 Å². The molecule has 0 radical (unpaired) electrons. The van der Waals surface area contributed by atoms with Gasteiger partial charge in [0.2, 0.25) is 52.9 Å². The number of cyclic esters (lactones) is 1. The van der Waals surface area contributed by atoms with Gasteiger partial charge in [-0.1, -0.05) is 55.9 Å². The SMILES string of the molecule is CC[C@@]1(OC(C)=O)C(=O)OCc2c1cc1n(c2=S)Cc2c-1nc1cc3c(cc1c2CNC(=O)COCNC(=O)CNC(=O)[C@H](Cc1ccccc1)NC(=O)CNC(=O)CNC(=O)CCCCCN1C(=O)CCC1=O)OCCO3. The first-order valence-corrected chi connectivity index (χ1v) is 25.9. The summed E-state index contributed by atoms with van der Waals surface area (Å²) < 4.78 is 30.7. The van der Waals surface area contributed by atoms with Gasteiger partial charge in [-0.15, -0.1) is 0 Å². The molecular formula is C53H59N9O15S. The lowest BCUT2D eigenvalue weighted by molar-refractivity contribution is -0.188. The molecule has 0 saturated carbocycles. The number of amides is 8. The Bertz CT molecular complexity index is 3120. The Morgan fingerprint density at radius 2 is 1.47 bits per heavy atom. The highest BCUT2D eigenvalue weighted by atomic mass is 32.1. The molecular weight excluding hydrogens is 1030 g/mol. The molecule has 0 spiro atoms. The normalized spacial score (nSPS) is 16.2. The zero-order valence-corrected chi connectivity index (χ0v) is 43.8. The summed E-state index contributed by atoms with van der Waals surface area (Å²) in [5, 5.41) is 16.0. The maximum atomic E-state index is 13.4. The standard InChI is InChI=1S/C53H59N9O15S/c1-3-53(77-30(2)63)36-20-39-49-34(26-62(39)51(78)35(36)27-76-52(53)72)33(32-19-40-41(21-37(32)60-49)75-17-16-74-40)22-54-46(68)28-73-29-58-44(66)24-57-50(71)38(18-31-10-6-4-7-11-31)59-45(67)25-56-43(65)23-55-42(64)12-8-5-9-15-61-47(69)13-14-48(61)70/h4,6-7,10-11,19-21,38H,3,5,8-9,12-18,22-29H2,1-2H3,(H,54,68)(H,55,64)(H,56,65)(H,57,71)(H,58,66)(H,59,67)/t38-,53-/m0/s1. The van der Waals surface area contributed by atoms with Crippen LogP contribution in [0.4, 0.5) is 0 Å². The molecule has 6 N–H and O–H groups in total. The minimum atomic E-state index is -1.72. The number of pyridine rings is 2. The van der Waals surface area contributed by atoms with E-state index in [2.05, 4.69) is 31.9 Å². The second kappa shape index (κ2) is 25.2. The number of aromatic nitrogens is 2. The summed E-state index contributed by atoms with van der Waals surface area (Å²) in [4.78, 5) is 133. The Balaban J connectivity index is 0.812. The van der Waals surface area contributed by atoms with Gasteiger partial charge < -0.3 is 60.2 Å². The Kier molecular flexibility index (Phi) is 18.1. The van der Waals surface area contributed by atoms with Crippen LogP contribution >= 0.6 is 12.2 Å². The monoisotopic (exact) mass is 1090 g/mol. The molecule has 1 saturated heterocycles. The molecule has 24 nitrogen and oxygen atoms in total. The molecule has 0 bridgehead atoms. The summed E-state index contributed by atoms with van der Waals surface area (Å²) in [6.45, 7) is 1.78. The molecule has 4 aliphatic rings. The van der Waals surface area contributed by atoms with E-state index in [9.17, 15) is 47.9 Å². The van der Waals surface area contributed by atoms with E-state index in [1.54, 1.807) is 55.5 Å². The zero-order valence-electron chi connectivity index (χ0n) is 43.0. The topological polar surface area (TPSA) is 310 Å². The molecule has 1 fully saturated rings. The fourth-order valence-corrected chi connectivity index (χ4v) is 9.92. The van der Waals surface area contributed by atoms with Gasteiger partial charge in [-0.2, -0.15) is 0 Å². The molecule has 4 aromatic rings. The number of hydrogen-bond donors (Lipinski definition) is 6. The fraction of sp³-hybridized carbons (Fsp3) is 0.434. The van der Waals surface area contributed by atoms with Gasteiger partial charge in [0.1, 0.15) is 43.8 Å². The number of likely N-dealkylation sites (tertiary alicyclic amines) is 1. The van der Waals surface area contributed by atoms with E-state index in [0.717, 1.165) is 5.56 Å². The number of imide groups is 1. The van der Waals surface area contributed by atoms with Gasteiger partial charge in [0.05, 0.1) is 43.1 Å². The van der Waals surface area contributed by atoms with E-state index in [1.807, 2.05) is 4.57 Å². The number of benzene rings is 2. The number of carbonyl (C=O) groups is 10. The lowest BCUT2D eigenvalue weighted by Crippen LogP contribution is -2.52. The number of nitrogens with zero attached hydrogens (tertiary/aromatic N) is 3.